The second-order valence-electron chi connectivity index (χ2n) is 15.9. The number of nitrogens with zero attached hydrogens (tertiary/aromatic N) is 1. The van der Waals surface area contributed by atoms with Crippen molar-refractivity contribution in [3.8, 4) is 0 Å². The standard InChI is InChI=1S/C49H93NO7/c1-6-11-14-17-20-21-22-23-24-25-26-27-28-29-32-36-47(51)56-44-46(45-57-48(52)38-39-50(9-4)10-5)43-53-40-35-37-49(54-41-33-30-18-15-12-7-2)55-42-34-31-19-16-13-8-3/h20-21,23-24,46,49H,6-19,22,25-45H2,1-5H3/b21-20-,24-23-. The van der Waals surface area contributed by atoms with Gasteiger partial charge in [0.15, 0.2) is 6.29 Å². The molecule has 0 amide bonds. The summed E-state index contributed by atoms with van der Waals surface area (Å²) >= 11 is 0. The Balaban J connectivity index is 4.66. The Bertz CT molecular complexity index is 888. The highest BCUT2D eigenvalue weighted by atomic mass is 16.7. The highest BCUT2D eigenvalue weighted by Crippen LogP contribution is 2.13. The summed E-state index contributed by atoms with van der Waals surface area (Å²) < 4.78 is 29.8. The summed E-state index contributed by atoms with van der Waals surface area (Å²) in [5.74, 6) is -0.623. The van der Waals surface area contributed by atoms with Crippen molar-refractivity contribution >= 4 is 11.9 Å². The van der Waals surface area contributed by atoms with E-state index in [0.29, 0.717) is 32.6 Å². The first-order chi connectivity index (χ1) is 28.0. The molecular formula is C49H93NO7. The van der Waals surface area contributed by atoms with Crippen molar-refractivity contribution in [3.63, 3.8) is 0 Å². The van der Waals surface area contributed by atoms with E-state index >= 15 is 0 Å². The van der Waals surface area contributed by atoms with E-state index < -0.39 is 0 Å². The Morgan fingerprint density at radius 2 is 0.965 bits per heavy atom. The van der Waals surface area contributed by atoms with Gasteiger partial charge in [-0.15, -0.1) is 0 Å². The Hall–Kier alpha value is -1.74. The molecule has 0 aromatic rings. The minimum absolute atomic E-state index is 0.180. The van der Waals surface area contributed by atoms with Crippen LogP contribution in [0.25, 0.3) is 0 Å². The summed E-state index contributed by atoms with van der Waals surface area (Å²) in [6, 6.07) is 0. The molecule has 0 fully saturated rings. The number of esters is 2. The third kappa shape index (κ3) is 40.8. The maximum absolute atomic E-state index is 12.6. The SMILES string of the molecule is CCCCC/C=C\C/C=C\CCCCCCCC(=O)OCC(COCCCC(OCCCCCCCC)OCCCCCCCC)COC(=O)CCN(CC)CC. The van der Waals surface area contributed by atoms with E-state index in [4.69, 9.17) is 23.7 Å². The lowest BCUT2D eigenvalue weighted by atomic mass is 10.1. The van der Waals surface area contributed by atoms with Crippen LogP contribution in [-0.2, 0) is 33.3 Å². The molecule has 0 heterocycles. The Morgan fingerprint density at radius 1 is 0.491 bits per heavy atom. The largest absolute Gasteiger partial charge is 0.465 e. The normalized spacial score (nSPS) is 12.5. The summed E-state index contributed by atoms with van der Waals surface area (Å²) in [5, 5.41) is 0. The predicted molar refractivity (Wildman–Crippen MR) is 240 cm³/mol. The van der Waals surface area contributed by atoms with Crippen LogP contribution >= 0.6 is 0 Å². The first-order valence-corrected chi connectivity index (χ1v) is 24.1. The average Bonchev–Trinajstić information content (AvgIpc) is 3.22. The molecule has 0 bridgehead atoms. The van der Waals surface area contributed by atoms with Gasteiger partial charge in [0.05, 0.1) is 32.2 Å². The minimum Gasteiger partial charge on any atom is -0.465 e. The third-order valence-corrected chi connectivity index (χ3v) is 10.5. The molecule has 0 aromatic heterocycles. The maximum Gasteiger partial charge on any atom is 0.307 e. The van der Waals surface area contributed by atoms with E-state index in [1.165, 1.54) is 103 Å². The highest BCUT2D eigenvalue weighted by molar-refractivity contribution is 5.70. The molecule has 0 rings (SSSR count). The van der Waals surface area contributed by atoms with E-state index in [2.05, 4.69) is 63.8 Å². The quantitative estimate of drug-likeness (QED) is 0.0260. The van der Waals surface area contributed by atoms with Gasteiger partial charge >= 0.3 is 11.9 Å². The molecule has 0 spiro atoms. The molecule has 0 N–H and O–H groups in total. The van der Waals surface area contributed by atoms with Crippen molar-refractivity contribution < 1.29 is 33.3 Å². The summed E-state index contributed by atoms with van der Waals surface area (Å²) in [4.78, 5) is 27.4. The van der Waals surface area contributed by atoms with Crippen LogP contribution in [-0.4, -0.2) is 82.4 Å². The lowest BCUT2D eigenvalue weighted by molar-refractivity contribution is -0.152. The second-order valence-corrected chi connectivity index (χ2v) is 15.9. The molecule has 57 heavy (non-hydrogen) atoms. The third-order valence-electron chi connectivity index (χ3n) is 10.5. The van der Waals surface area contributed by atoms with Crippen LogP contribution < -0.4 is 0 Å². The van der Waals surface area contributed by atoms with Crippen LogP contribution in [0, 0.1) is 5.92 Å². The Labute approximate surface area is 353 Å². The fraction of sp³-hybridized carbons (Fsp3) is 0.878. The van der Waals surface area contributed by atoms with Gasteiger partial charge in [-0.2, -0.15) is 0 Å². The Morgan fingerprint density at radius 3 is 1.53 bits per heavy atom. The molecule has 0 aromatic carbocycles. The van der Waals surface area contributed by atoms with Crippen molar-refractivity contribution in [2.45, 2.75) is 214 Å². The molecule has 0 radical (unpaired) electrons. The zero-order chi connectivity index (χ0) is 41.7. The molecular weight excluding hydrogens is 715 g/mol. The molecule has 0 saturated heterocycles. The molecule has 8 heteroatoms. The molecule has 1 atom stereocenters. The number of allylic oxidation sites excluding steroid dienone is 4. The first-order valence-electron chi connectivity index (χ1n) is 24.1. The Kier molecular flexibility index (Phi) is 44.0. The first kappa shape index (κ1) is 55.3. The lowest BCUT2D eigenvalue weighted by Gasteiger charge is -2.20. The van der Waals surface area contributed by atoms with Gasteiger partial charge in [0.1, 0.15) is 0 Å². The maximum atomic E-state index is 12.6. The van der Waals surface area contributed by atoms with Crippen molar-refractivity contribution in [3.05, 3.63) is 24.3 Å². The van der Waals surface area contributed by atoms with Crippen molar-refractivity contribution in [2.24, 2.45) is 5.92 Å². The average molecular weight is 808 g/mol. The van der Waals surface area contributed by atoms with Crippen molar-refractivity contribution in [1.29, 1.82) is 0 Å². The van der Waals surface area contributed by atoms with Crippen LogP contribution in [0.3, 0.4) is 0 Å². The number of hydrogen-bond acceptors (Lipinski definition) is 8. The van der Waals surface area contributed by atoms with Gasteiger partial charge in [-0.25, -0.2) is 0 Å². The van der Waals surface area contributed by atoms with Crippen molar-refractivity contribution in [2.75, 3.05) is 59.3 Å². The zero-order valence-corrected chi connectivity index (χ0v) is 38.2. The smallest absolute Gasteiger partial charge is 0.307 e. The van der Waals surface area contributed by atoms with E-state index in [0.717, 1.165) is 84.1 Å². The van der Waals surface area contributed by atoms with Crippen LogP contribution in [0.2, 0.25) is 0 Å². The fourth-order valence-electron chi connectivity index (χ4n) is 6.59. The number of hydrogen-bond donors (Lipinski definition) is 0. The molecule has 0 aliphatic rings. The summed E-state index contributed by atoms with van der Waals surface area (Å²) in [7, 11) is 0. The van der Waals surface area contributed by atoms with Gasteiger partial charge in [0, 0.05) is 39.2 Å². The number of carbonyl (C=O) groups excluding carboxylic acids is 2. The van der Waals surface area contributed by atoms with E-state index in [9.17, 15) is 9.59 Å². The number of rotatable bonds is 45. The van der Waals surface area contributed by atoms with Crippen LogP contribution in [0.5, 0.6) is 0 Å². The molecule has 1 unspecified atom stereocenters. The zero-order valence-electron chi connectivity index (χ0n) is 38.2. The summed E-state index contributed by atoms with van der Waals surface area (Å²) in [6.45, 7) is 16.2. The van der Waals surface area contributed by atoms with Gasteiger partial charge in [-0.3, -0.25) is 9.59 Å². The predicted octanol–water partition coefficient (Wildman–Crippen LogP) is 13.1. The molecule has 0 saturated carbocycles. The summed E-state index contributed by atoms with van der Waals surface area (Å²) in [6.07, 6.45) is 38.7. The number of carbonyl (C=O) groups is 2. The molecule has 0 aliphatic heterocycles. The number of ether oxygens (including phenoxy) is 5. The topological polar surface area (TPSA) is 83.5 Å². The van der Waals surface area contributed by atoms with Gasteiger partial charge in [0.2, 0.25) is 0 Å². The molecule has 0 aliphatic carbocycles. The van der Waals surface area contributed by atoms with Gasteiger partial charge in [-0.1, -0.05) is 155 Å². The fourth-order valence-corrected chi connectivity index (χ4v) is 6.59. The van der Waals surface area contributed by atoms with E-state index in [-0.39, 0.29) is 37.4 Å². The monoisotopic (exact) mass is 808 g/mol. The van der Waals surface area contributed by atoms with E-state index in [1.807, 2.05) is 0 Å². The van der Waals surface area contributed by atoms with Crippen LogP contribution in [0.15, 0.2) is 24.3 Å². The molecule has 336 valence electrons. The lowest BCUT2D eigenvalue weighted by Crippen LogP contribution is -2.28. The number of unbranched alkanes of at least 4 members (excludes halogenated alkanes) is 18. The van der Waals surface area contributed by atoms with Gasteiger partial charge < -0.3 is 28.6 Å². The van der Waals surface area contributed by atoms with Gasteiger partial charge in [0.25, 0.3) is 0 Å². The highest BCUT2D eigenvalue weighted by Gasteiger charge is 2.17. The van der Waals surface area contributed by atoms with Crippen molar-refractivity contribution in [1.82, 2.24) is 4.90 Å². The van der Waals surface area contributed by atoms with Crippen LogP contribution in [0.1, 0.15) is 208 Å². The second kappa shape index (κ2) is 45.3. The van der Waals surface area contributed by atoms with E-state index in [1.54, 1.807) is 0 Å². The van der Waals surface area contributed by atoms with Gasteiger partial charge in [-0.05, 0) is 70.9 Å². The summed E-state index contributed by atoms with van der Waals surface area (Å²) in [5.41, 5.74) is 0. The van der Waals surface area contributed by atoms with Crippen LogP contribution in [0.4, 0.5) is 0 Å². The minimum atomic E-state index is -0.226. The molecule has 8 nitrogen and oxygen atoms in total.